The van der Waals surface area contributed by atoms with E-state index in [2.05, 4.69) is 5.32 Å². The van der Waals surface area contributed by atoms with E-state index < -0.39 is 6.10 Å². The minimum absolute atomic E-state index is 0. The number of nitrogens with one attached hydrogen (secondary N) is 1. The number of hydrogen-bond acceptors (Lipinski definition) is 4. The van der Waals surface area contributed by atoms with E-state index in [1.165, 1.54) is 0 Å². The molecular formula is C19H28ClN3O3. The number of carbonyl (C=O) groups excluding carboxylic acids is 2. The summed E-state index contributed by atoms with van der Waals surface area (Å²) in [6, 6.07) is 7.67. The van der Waals surface area contributed by atoms with Crippen molar-refractivity contribution in [3.8, 4) is 5.75 Å². The maximum atomic E-state index is 12.6. The fraction of sp³-hybridized carbons (Fsp3) is 0.579. The molecule has 0 aliphatic carbocycles. The van der Waals surface area contributed by atoms with Crippen LogP contribution in [0.2, 0.25) is 0 Å². The smallest absolute Gasteiger partial charge is 0.263 e. The van der Waals surface area contributed by atoms with E-state index >= 15 is 0 Å². The van der Waals surface area contributed by atoms with Crippen LogP contribution in [-0.2, 0) is 9.59 Å². The molecule has 2 fully saturated rings. The molecule has 1 aromatic rings. The summed E-state index contributed by atoms with van der Waals surface area (Å²) in [5, 5.41) is 3.25. The zero-order chi connectivity index (χ0) is 17.8. The summed E-state index contributed by atoms with van der Waals surface area (Å²) in [5.74, 6) is 0.864. The first-order chi connectivity index (χ1) is 12.0. The number of rotatable bonds is 4. The van der Waals surface area contributed by atoms with E-state index in [9.17, 15) is 9.59 Å². The monoisotopic (exact) mass is 381 g/mol. The SMILES string of the molecule is Cc1cccc(OC(C)C(=O)N2CCN(C(=O)C3CCCN3)CC2)c1.Cl. The molecule has 2 aliphatic heterocycles. The molecule has 26 heavy (non-hydrogen) atoms. The van der Waals surface area contributed by atoms with Gasteiger partial charge in [-0.25, -0.2) is 0 Å². The Bertz CT molecular complexity index is 626. The molecule has 6 nitrogen and oxygen atoms in total. The molecule has 0 saturated carbocycles. The number of hydrogen-bond donors (Lipinski definition) is 1. The van der Waals surface area contributed by atoms with Gasteiger partial charge in [-0.2, -0.15) is 0 Å². The van der Waals surface area contributed by atoms with Gasteiger partial charge in [0.1, 0.15) is 5.75 Å². The first-order valence-corrected chi connectivity index (χ1v) is 9.09. The Morgan fingerprint density at radius 3 is 2.50 bits per heavy atom. The average molecular weight is 382 g/mol. The van der Waals surface area contributed by atoms with Crippen molar-refractivity contribution < 1.29 is 14.3 Å². The van der Waals surface area contributed by atoms with Crippen molar-refractivity contribution in [2.75, 3.05) is 32.7 Å². The van der Waals surface area contributed by atoms with E-state index in [-0.39, 0.29) is 30.3 Å². The van der Waals surface area contributed by atoms with Crippen LogP contribution in [0.3, 0.4) is 0 Å². The van der Waals surface area contributed by atoms with Crippen molar-refractivity contribution in [2.45, 2.75) is 38.8 Å². The van der Waals surface area contributed by atoms with Crippen LogP contribution in [-0.4, -0.2) is 66.5 Å². The van der Waals surface area contributed by atoms with E-state index in [1.54, 1.807) is 11.8 Å². The van der Waals surface area contributed by atoms with E-state index in [0.717, 1.165) is 24.9 Å². The van der Waals surface area contributed by atoms with Crippen molar-refractivity contribution in [3.05, 3.63) is 29.8 Å². The number of ether oxygens (including phenoxy) is 1. The van der Waals surface area contributed by atoms with Gasteiger partial charge in [0.15, 0.2) is 6.10 Å². The molecule has 2 amide bonds. The highest BCUT2D eigenvalue weighted by atomic mass is 35.5. The third-order valence-electron chi connectivity index (χ3n) is 4.91. The van der Waals surface area contributed by atoms with E-state index in [4.69, 9.17) is 4.74 Å². The molecule has 1 aromatic carbocycles. The second-order valence-electron chi connectivity index (χ2n) is 6.88. The van der Waals surface area contributed by atoms with Gasteiger partial charge in [-0.15, -0.1) is 12.4 Å². The molecule has 0 aromatic heterocycles. The number of halogens is 1. The van der Waals surface area contributed by atoms with Crippen LogP contribution in [0.5, 0.6) is 5.75 Å². The Balaban J connectivity index is 0.00000243. The first kappa shape index (κ1) is 20.5. The van der Waals surface area contributed by atoms with Gasteiger partial charge in [-0.05, 0) is 50.9 Å². The molecule has 1 N–H and O–H groups in total. The summed E-state index contributed by atoms with van der Waals surface area (Å²) in [6.45, 7) is 7.03. The van der Waals surface area contributed by atoms with Gasteiger partial charge in [0, 0.05) is 26.2 Å². The number of carbonyl (C=O) groups is 2. The van der Waals surface area contributed by atoms with Gasteiger partial charge in [-0.3, -0.25) is 9.59 Å². The zero-order valence-corrected chi connectivity index (χ0v) is 16.3. The molecule has 2 heterocycles. The zero-order valence-electron chi connectivity index (χ0n) is 15.4. The summed E-state index contributed by atoms with van der Waals surface area (Å²) in [6.07, 6.45) is 1.45. The molecule has 3 rings (SSSR count). The fourth-order valence-corrected chi connectivity index (χ4v) is 3.46. The number of piperazine rings is 1. The van der Waals surface area contributed by atoms with Crippen LogP contribution in [0.4, 0.5) is 0 Å². The molecule has 0 radical (unpaired) electrons. The lowest BCUT2D eigenvalue weighted by Gasteiger charge is -2.36. The molecule has 7 heteroatoms. The highest BCUT2D eigenvalue weighted by Crippen LogP contribution is 2.16. The van der Waals surface area contributed by atoms with Crippen LogP contribution in [0.15, 0.2) is 24.3 Å². The van der Waals surface area contributed by atoms with E-state index in [0.29, 0.717) is 31.9 Å². The maximum absolute atomic E-state index is 12.6. The van der Waals surface area contributed by atoms with Crippen LogP contribution in [0, 0.1) is 6.92 Å². The predicted molar refractivity (Wildman–Crippen MR) is 103 cm³/mol. The van der Waals surface area contributed by atoms with Gasteiger partial charge in [0.05, 0.1) is 6.04 Å². The standard InChI is InChI=1S/C19H27N3O3.ClH/c1-14-5-3-6-16(13-14)25-15(2)18(23)21-9-11-22(12-10-21)19(24)17-7-4-8-20-17;/h3,5-6,13,15,17,20H,4,7-12H2,1-2H3;1H. The van der Waals surface area contributed by atoms with Gasteiger partial charge in [0.25, 0.3) is 5.91 Å². The molecule has 2 unspecified atom stereocenters. The molecule has 0 spiro atoms. The lowest BCUT2D eigenvalue weighted by atomic mass is 10.2. The molecule has 2 atom stereocenters. The van der Waals surface area contributed by atoms with E-state index in [1.807, 2.05) is 36.1 Å². The molecule has 2 aliphatic rings. The van der Waals surface area contributed by atoms with Crippen molar-refractivity contribution in [1.29, 1.82) is 0 Å². The molecule has 144 valence electrons. The number of benzene rings is 1. The maximum Gasteiger partial charge on any atom is 0.263 e. The second-order valence-corrected chi connectivity index (χ2v) is 6.88. The van der Waals surface area contributed by atoms with Crippen molar-refractivity contribution >= 4 is 24.2 Å². The Hall–Kier alpha value is -1.79. The summed E-state index contributed by atoms with van der Waals surface area (Å²) >= 11 is 0. The molecule has 0 bridgehead atoms. The molecule has 2 saturated heterocycles. The fourth-order valence-electron chi connectivity index (χ4n) is 3.46. The topological polar surface area (TPSA) is 61.9 Å². The number of aryl methyl sites for hydroxylation is 1. The predicted octanol–water partition coefficient (Wildman–Crippen LogP) is 1.61. The van der Waals surface area contributed by atoms with Crippen LogP contribution < -0.4 is 10.1 Å². The minimum atomic E-state index is -0.527. The third kappa shape index (κ3) is 4.89. The number of amides is 2. The van der Waals surface area contributed by atoms with Crippen molar-refractivity contribution in [2.24, 2.45) is 0 Å². The average Bonchev–Trinajstić information content (AvgIpc) is 3.15. The van der Waals surface area contributed by atoms with Gasteiger partial charge in [0.2, 0.25) is 5.91 Å². The highest BCUT2D eigenvalue weighted by Gasteiger charge is 2.31. The Labute approximate surface area is 161 Å². The van der Waals surface area contributed by atoms with Crippen molar-refractivity contribution in [3.63, 3.8) is 0 Å². The highest BCUT2D eigenvalue weighted by molar-refractivity contribution is 5.85. The third-order valence-corrected chi connectivity index (χ3v) is 4.91. The van der Waals surface area contributed by atoms with Gasteiger partial charge >= 0.3 is 0 Å². The molecular weight excluding hydrogens is 354 g/mol. The summed E-state index contributed by atoms with van der Waals surface area (Å²) in [7, 11) is 0. The lowest BCUT2D eigenvalue weighted by molar-refractivity contribution is -0.144. The normalized spacial score (nSPS) is 21.1. The van der Waals surface area contributed by atoms with Crippen LogP contribution in [0.25, 0.3) is 0 Å². The number of nitrogens with zero attached hydrogens (tertiary/aromatic N) is 2. The Morgan fingerprint density at radius 2 is 1.88 bits per heavy atom. The second kappa shape index (κ2) is 9.24. The largest absolute Gasteiger partial charge is 0.481 e. The van der Waals surface area contributed by atoms with Crippen LogP contribution >= 0.6 is 12.4 Å². The first-order valence-electron chi connectivity index (χ1n) is 9.09. The Morgan fingerprint density at radius 1 is 1.19 bits per heavy atom. The quantitative estimate of drug-likeness (QED) is 0.860. The van der Waals surface area contributed by atoms with Crippen molar-refractivity contribution in [1.82, 2.24) is 15.1 Å². The minimum Gasteiger partial charge on any atom is -0.481 e. The lowest BCUT2D eigenvalue weighted by Crippen LogP contribution is -2.55. The Kier molecular flexibility index (Phi) is 7.29. The van der Waals surface area contributed by atoms with Gasteiger partial charge in [-0.1, -0.05) is 12.1 Å². The summed E-state index contributed by atoms with van der Waals surface area (Å²) < 4.78 is 5.78. The summed E-state index contributed by atoms with van der Waals surface area (Å²) in [4.78, 5) is 28.7. The van der Waals surface area contributed by atoms with Gasteiger partial charge < -0.3 is 19.9 Å². The van der Waals surface area contributed by atoms with Crippen LogP contribution in [0.1, 0.15) is 25.3 Å². The summed E-state index contributed by atoms with van der Waals surface area (Å²) in [5.41, 5.74) is 1.10.